The first-order chi connectivity index (χ1) is 25.5. The molecule has 2 fully saturated rings. The Hall–Kier alpha value is -4.68. The molecule has 0 aliphatic carbocycles. The Kier molecular flexibility index (Phi) is 13.7. The zero-order valence-electron chi connectivity index (χ0n) is 30.9. The first-order valence-electron chi connectivity index (χ1n) is 19.4. The van der Waals surface area contributed by atoms with Crippen LogP contribution in [0.1, 0.15) is 78.4 Å². The zero-order valence-corrected chi connectivity index (χ0v) is 30.9. The number of benzene rings is 4. The molecule has 2 aliphatic heterocycles. The Bertz CT molecular complexity index is 1740. The van der Waals surface area contributed by atoms with Gasteiger partial charge in [0.05, 0.1) is 7.11 Å². The number of nitrogens with zero attached hydrogens (tertiary/aromatic N) is 2. The van der Waals surface area contributed by atoms with Gasteiger partial charge in [0, 0.05) is 37.8 Å². The SMILES string of the molecule is COc1ccc(C=CC(=O)N(CCCc2ccccc2)Cc2cccc(-c3cccc(C(=O)N4CCC(CCCC5CCNCC5)CC4)c3)c2)cc1. The van der Waals surface area contributed by atoms with Crippen LogP contribution in [-0.4, -0.2) is 61.4 Å². The van der Waals surface area contributed by atoms with Crippen LogP contribution in [0.2, 0.25) is 0 Å². The van der Waals surface area contributed by atoms with Crippen molar-refractivity contribution in [2.75, 3.05) is 39.8 Å². The molecule has 0 unspecified atom stereocenters. The van der Waals surface area contributed by atoms with E-state index in [0.717, 1.165) is 84.2 Å². The van der Waals surface area contributed by atoms with Crippen molar-refractivity contribution in [1.29, 1.82) is 0 Å². The van der Waals surface area contributed by atoms with Crippen molar-refractivity contribution in [3.8, 4) is 16.9 Å². The summed E-state index contributed by atoms with van der Waals surface area (Å²) < 4.78 is 5.28. The highest BCUT2D eigenvalue weighted by atomic mass is 16.5. The third kappa shape index (κ3) is 10.9. The van der Waals surface area contributed by atoms with Gasteiger partial charge in [-0.1, -0.05) is 92.1 Å². The number of ether oxygens (including phenoxy) is 1. The number of rotatable bonds is 15. The van der Waals surface area contributed by atoms with E-state index in [4.69, 9.17) is 4.74 Å². The molecule has 6 rings (SSSR count). The van der Waals surface area contributed by atoms with E-state index in [1.165, 1.54) is 50.8 Å². The van der Waals surface area contributed by atoms with Gasteiger partial charge in [0.15, 0.2) is 0 Å². The minimum Gasteiger partial charge on any atom is -0.497 e. The molecule has 52 heavy (non-hydrogen) atoms. The lowest BCUT2D eigenvalue weighted by Crippen LogP contribution is -2.38. The molecule has 4 aromatic carbocycles. The van der Waals surface area contributed by atoms with Gasteiger partial charge in [0.2, 0.25) is 5.91 Å². The maximum absolute atomic E-state index is 13.7. The van der Waals surface area contributed by atoms with Crippen molar-refractivity contribution in [1.82, 2.24) is 15.1 Å². The summed E-state index contributed by atoms with van der Waals surface area (Å²) in [6.45, 7) is 5.19. The van der Waals surface area contributed by atoms with E-state index in [1.54, 1.807) is 13.2 Å². The fourth-order valence-electron chi connectivity index (χ4n) is 7.75. The quantitative estimate of drug-likeness (QED) is 0.126. The first-order valence-corrected chi connectivity index (χ1v) is 19.4. The molecule has 2 heterocycles. The topological polar surface area (TPSA) is 61.9 Å². The molecule has 0 spiro atoms. The largest absolute Gasteiger partial charge is 0.497 e. The molecule has 6 heteroatoms. The van der Waals surface area contributed by atoms with Crippen LogP contribution in [0.25, 0.3) is 17.2 Å². The van der Waals surface area contributed by atoms with Gasteiger partial charge >= 0.3 is 0 Å². The lowest BCUT2D eigenvalue weighted by atomic mass is 9.87. The van der Waals surface area contributed by atoms with Gasteiger partial charge in [-0.05, 0) is 128 Å². The minimum absolute atomic E-state index is 0.0209. The summed E-state index contributed by atoms with van der Waals surface area (Å²) in [4.78, 5) is 31.3. The van der Waals surface area contributed by atoms with Crippen molar-refractivity contribution in [3.05, 3.63) is 131 Å². The van der Waals surface area contributed by atoms with Gasteiger partial charge in [0.25, 0.3) is 5.91 Å². The van der Waals surface area contributed by atoms with E-state index in [0.29, 0.717) is 13.1 Å². The number of hydrogen-bond donors (Lipinski definition) is 1. The van der Waals surface area contributed by atoms with Crippen LogP contribution in [0.4, 0.5) is 0 Å². The summed E-state index contributed by atoms with van der Waals surface area (Å²) >= 11 is 0. The molecule has 0 bridgehead atoms. The summed E-state index contributed by atoms with van der Waals surface area (Å²) in [5, 5.41) is 3.47. The number of amides is 2. The number of aryl methyl sites for hydroxylation is 1. The summed E-state index contributed by atoms with van der Waals surface area (Å²) in [5.41, 5.74) is 6.08. The number of carbonyl (C=O) groups is 2. The molecule has 0 saturated carbocycles. The molecule has 0 radical (unpaired) electrons. The first kappa shape index (κ1) is 37.1. The summed E-state index contributed by atoms with van der Waals surface area (Å²) in [6.07, 6.45) is 14.2. The van der Waals surface area contributed by atoms with E-state index in [1.807, 2.05) is 59.5 Å². The number of hydrogen-bond acceptors (Lipinski definition) is 4. The molecular weight excluding hydrogens is 643 g/mol. The van der Waals surface area contributed by atoms with Crippen molar-refractivity contribution in [2.24, 2.45) is 11.8 Å². The third-order valence-corrected chi connectivity index (χ3v) is 10.9. The second kappa shape index (κ2) is 19.2. The second-order valence-corrected chi connectivity index (χ2v) is 14.6. The lowest BCUT2D eigenvalue weighted by molar-refractivity contribution is -0.126. The van der Waals surface area contributed by atoms with E-state index < -0.39 is 0 Å². The summed E-state index contributed by atoms with van der Waals surface area (Å²) in [5.74, 6) is 2.53. The Morgan fingerprint density at radius 2 is 1.44 bits per heavy atom. The normalized spacial score (nSPS) is 15.5. The second-order valence-electron chi connectivity index (χ2n) is 14.6. The number of nitrogens with one attached hydrogen (secondary N) is 1. The predicted octanol–water partition coefficient (Wildman–Crippen LogP) is 9.06. The van der Waals surface area contributed by atoms with E-state index in [9.17, 15) is 9.59 Å². The maximum atomic E-state index is 13.7. The molecule has 6 nitrogen and oxygen atoms in total. The van der Waals surface area contributed by atoms with Crippen molar-refractivity contribution < 1.29 is 14.3 Å². The molecule has 1 N–H and O–H groups in total. The molecule has 272 valence electrons. The summed E-state index contributed by atoms with van der Waals surface area (Å²) in [6, 6.07) is 34.5. The van der Waals surface area contributed by atoms with Crippen LogP contribution in [0.15, 0.2) is 109 Å². The Balaban J connectivity index is 1.07. The molecule has 2 amide bonds. The van der Waals surface area contributed by atoms with E-state index in [2.05, 4.69) is 64.8 Å². The number of carbonyl (C=O) groups excluding carboxylic acids is 2. The average Bonchev–Trinajstić information content (AvgIpc) is 3.20. The summed E-state index contributed by atoms with van der Waals surface area (Å²) in [7, 11) is 1.65. The molecule has 2 aliphatic rings. The maximum Gasteiger partial charge on any atom is 0.253 e. The van der Waals surface area contributed by atoms with Gasteiger partial charge in [-0.3, -0.25) is 9.59 Å². The average molecular weight is 698 g/mol. The fraction of sp³-hybridized carbons (Fsp3) is 0.391. The van der Waals surface area contributed by atoms with Crippen molar-refractivity contribution in [3.63, 3.8) is 0 Å². The predicted molar refractivity (Wildman–Crippen MR) is 212 cm³/mol. The molecule has 4 aromatic rings. The Morgan fingerprint density at radius 3 is 2.17 bits per heavy atom. The number of methoxy groups -OCH3 is 1. The lowest BCUT2D eigenvalue weighted by Gasteiger charge is -2.32. The van der Waals surface area contributed by atoms with Crippen LogP contribution < -0.4 is 10.1 Å². The van der Waals surface area contributed by atoms with Gasteiger partial charge in [0.1, 0.15) is 5.75 Å². The Labute approximate surface area is 310 Å². The number of likely N-dealkylation sites (tertiary alicyclic amines) is 1. The monoisotopic (exact) mass is 697 g/mol. The van der Waals surface area contributed by atoms with Crippen molar-refractivity contribution >= 4 is 17.9 Å². The third-order valence-electron chi connectivity index (χ3n) is 10.9. The van der Waals surface area contributed by atoms with Crippen LogP contribution in [0.3, 0.4) is 0 Å². The van der Waals surface area contributed by atoms with Crippen LogP contribution in [-0.2, 0) is 17.8 Å². The van der Waals surface area contributed by atoms with Gasteiger partial charge in [-0.25, -0.2) is 0 Å². The van der Waals surface area contributed by atoms with Crippen LogP contribution in [0, 0.1) is 11.8 Å². The van der Waals surface area contributed by atoms with Crippen LogP contribution >= 0.6 is 0 Å². The highest BCUT2D eigenvalue weighted by Gasteiger charge is 2.24. The molecule has 0 aromatic heterocycles. The minimum atomic E-state index is -0.0209. The standard InChI is InChI=1S/C46H55N3O3/c1-52-44-21-18-39(19-22-44)20-23-45(50)49(30-8-14-36-9-3-2-4-10-36)35-40-13-6-15-41(33-40)42-16-7-17-43(34-42)46(51)48-31-26-38(27-32-48)12-5-11-37-24-28-47-29-25-37/h2-4,6-7,9-10,13,15-23,33-34,37-38,47H,5,8,11-12,14,24-32,35H2,1H3. The molecule has 0 atom stereocenters. The van der Waals surface area contributed by atoms with Gasteiger partial charge in [-0.2, -0.15) is 0 Å². The zero-order chi connectivity index (χ0) is 36.0. The molecule has 2 saturated heterocycles. The van der Waals surface area contributed by atoms with Crippen LogP contribution in [0.5, 0.6) is 5.75 Å². The smallest absolute Gasteiger partial charge is 0.253 e. The van der Waals surface area contributed by atoms with E-state index in [-0.39, 0.29) is 11.8 Å². The number of piperidine rings is 2. The highest BCUT2D eigenvalue weighted by Crippen LogP contribution is 2.28. The van der Waals surface area contributed by atoms with E-state index >= 15 is 0 Å². The molecular formula is C46H55N3O3. The highest BCUT2D eigenvalue weighted by molar-refractivity contribution is 5.95. The van der Waals surface area contributed by atoms with Gasteiger partial charge in [-0.15, -0.1) is 0 Å². The van der Waals surface area contributed by atoms with Gasteiger partial charge < -0.3 is 19.9 Å². The fourth-order valence-corrected chi connectivity index (χ4v) is 7.75. The van der Waals surface area contributed by atoms with Crippen molar-refractivity contribution in [2.45, 2.75) is 64.3 Å². The Morgan fingerprint density at radius 1 is 0.769 bits per heavy atom.